The zero-order valence-corrected chi connectivity index (χ0v) is 18.3. The van der Waals surface area contributed by atoms with Crippen molar-refractivity contribution in [2.45, 2.75) is 42.9 Å². The quantitative estimate of drug-likeness (QED) is 0.363. The summed E-state index contributed by atoms with van der Waals surface area (Å²) in [7, 11) is 0. The molecule has 0 aliphatic carbocycles. The number of rotatable bonds is 6. The number of benzene rings is 2. The lowest BCUT2D eigenvalue weighted by atomic mass is 10.0. The molecule has 0 fully saturated rings. The van der Waals surface area contributed by atoms with Crippen LogP contribution in [-0.4, -0.2) is 18.2 Å². The first-order chi connectivity index (χ1) is 14.2. The van der Waals surface area contributed by atoms with Gasteiger partial charge in [0, 0.05) is 27.5 Å². The Morgan fingerprint density at radius 2 is 1.93 bits per heavy atom. The van der Waals surface area contributed by atoms with E-state index in [9.17, 15) is 4.79 Å². The summed E-state index contributed by atoms with van der Waals surface area (Å²) in [6.45, 7) is 5.00. The van der Waals surface area contributed by atoms with E-state index in [-0.39, 0.29) is 5.91 Å². The Morgan fingerprint density at radius 1 is 1.07 bits per heavy atom. The number of unbranched alkanes of at least 4 members (excludes halogenated alkanes) is 1. The molecule has 3 aromatic rings. The number of nitrogens with zero attached hydrogens (tertiary/aromatic N) is 1. The van der Waals surface area contributed by atoms with Gasteiger partial charge in [-0.3, -0.25) is 4.79 Å². The van der Waals surface area contributed by atoms with Gasteiger partial charge in [0.25, 0.3) is 5.91 Å². The Balaban J connectivity index is 1.80. The van der Waals surface area contributed by atoms with Crippen LogP contribution in [0.1, 0.15) is 53.1 Å². The van der Waals surface area contributed by atoms with Gasteiger partial charge in [0.2, 0.25) is 0 Å². The van der Waals surface area contributed by atoms with E-state index in [0.29, 0.717) is 12.1 Å². The monoisotopic (exact) mass is 420 g/mol. The van der Waals surface area contributed by atoms with Crippen molar-refractivity contribution in [2.24, 2.45) is 4.99 Å². The van der Waals surface area contributed by atoms with Crippen LogP contribution < -0.4 is 5.32 Å². The zero-order valence-electron chi connectivity index (χ0n) is 16.7. The number of aliphatic imine (C=N–C) groups is 1. The van der Waals surface area contributed by atoms with E-state index in [1.54, 1.807) is 23.1 Å². The highest BCUT2D eigenvalue weighted by Crippen LogP contribution is 2.42. The zero-order chi connectivity index (χ0) is 20.2. The molecule has 0 atom stereocenters. The second-order valence-electron chi connectivity index (χ2n) is 6.98. The highest BCUT2D eigenvalue weighted by molar-refractivity contribution is 7.99. The molecule has 0 spiro atoms. The summed E-state index contributed by atoms with van der Waals surface area (Å²) in [5.74, 6) is -0.0323. The largest absolute Gasteiger partial charge is 0.352 e. The first kappa shape index (κ1) is 19.9. The van der Waals surface area contributed by atoms with E-state index in [1.165, 1.54) is 15.3 Å². The molecule has 1 N–H and O–H groups in total. The van der Waals surface area contributed by atoms with E-state index in [0.717, 1.165) is 41.1 Å². The van der Waals surface area contributed by atoms with Gasteiger partial charge in [-0.05, 0) is 54.1 Å². The van der Waals surface area contributed by atoms with Gasteiger partial charge in [-0.25, -0.2) is 4.99 Å². The molecule has 2 aromatic carbocycles. The molecule has 5 heteroatoms. The van der Waals surface area contributed by atoms with Gasteiger partial charge >= 0.3 is 0 Å². The Bertz CT molecular complexity index is 1070. The Morgan fingerprint density at radius 3 is 2.76 bits per heavy atom. The van der Waals surface area contributed by atoms with E-state index >= 15 is 0 Å². The van der Waals surface area contributed by atoms with Crippen molar-refractivity contribution >= 4 is 40.4 Å². The van der Waals surface area contributed by atoms with Crippen LogP contribution in [0.4, 0.5) is 5.69 Å². The van der Waals surface area contributed by atoms with Gasteiger partial charge in [-0.2, -0.15) is 0 Å². The van der Waals surface area contributed by atoms with Crippen LogP contribution in [0.2, 0.25) is 0 Å². The number of fused-ring (bicyclic) bond motifs is 2. The van der Waals surface area contributed by atoms with Crippen LogP contribution in [0.5, 0.6) is 0 Å². The number of carbonyl (C=O) groups is 1. The molecule has 2 heterocycles. The predicted octanol–water partition coefficient (Wildman–Crippen LogP) is 6.47. The van der Waals surface area contributed by atoms with Gasteiger partial charge < -0.3 is 5.32 Å². The molecule has 1 aromatic heterocycles. The van der Waals surface area contributed by atoms with Crippen molar-refractivity contribution in [3.05, 3.63) is 75.5 Å². The molecule has 0 radical (unpaired) electrons. The van der Waals surface area contributed by atoms with E-state index in [2.05, 4.69) is 54.9 Å². The van der Waals surface area contributed by atoms with Crippen LogP contribution in [0.3, 0.4) is 0 Å². The van der Waals surface area contributed by atoms with Crippen LogP contribution >= 0.6 is 23.1 Å². The van der Waals surface area contributed by atoms with Gasteiger partial charge in [-0.1, -0.05) is 50.2 Å². The number of aryl methyl sites for hydroxylation is 1. The third-order valence-electron chi connectivity index (χ3n) is 4.97. The summed E-state index contributed by atoms with van der Waals surface area (Å²) in [5, 5.41) is 5.14. The maximum atomic E-state index is 12.6. The van der Waals surface area contributed by atoms with E-state index < -0.39 is 0 Å². The van der Waals surface area contributed by atoms with Crippen molar-refractivity contribution in [1.29, 1.82) is 0 Å². The standard InChI is InChI=1S/C24H24N2OS2/c1-3-5-13-25-24(27)17-10-11-21-19(15-17)26-22(23-16(4-2)12-14-28-23)18-8-6-7-9-20(18)29-21/h6-12,14-15H,3-5,13H2,1-2H3,(H,25,27). The Kier molecular flexibility index (Phi) is 6.16. The average molecular weight is 421 g/mol. The SMILES string of the molecule is CCCCNC(=O)c1ccc2c(c1)N=C(c1sccc1CC)c1ccccc1S2. The third-order valence-corrected chi connectivity index (χ3v) is 7.08. The molecule has 1 aliphatic heterocycles. The number of thiophene rings is 1. The maximum Gasteiger partial charge on any atom is 0.251 e. The lowest BCUT2D eigenvalue weighted by Crippen LogP contribution is -2.24. The molecule has 0 bridgehead atoms. The van der Waals surface area contributed by atoms with Crippen molar-refractivity contribution in [1.82, 2.24) is 5.32 Å². The molecule has 1 amide bonds. The first-order valence-corrected chi connectivity index (χ1v) is 11.8. The minimum Gasteiger partial charge on any atom is -0.352 e. The molecular weight excluding hydrogens is 396 g/mol. The lowest BCUT2D eigenvalue weighted by molar-refractivity contribution is 0.0953. The van der Waals surface area contributed by atoms with Crippen LogP contribution in [0.15, 0.2) is 68.7 Å². The lowest BCUT2D eigenvalue weighted by Gasteiger charge is -2.09. The Hall–Kier alpha value is -2.37. The van der Waals surface area contributed by atoms with Gasteiger partial charge in [0.05, 0.1) is 16.3 Å². The van der Waals surface area contributed by atoms with Crippen molar-refractivity contribution in [3.63, 3.8) is 0 Å². The number of carbonyl (C=O) groups excluding carboxylic acids is 1. The summed E-state index contributed by atoms with van der Waals surface area (Å²) in [5.41, 5.74) is 4.99. The smallest absolute Gasteiger partial charge is 0.251 e. The normalized spacial score (nSPS) is 12.6. The van der Waals surface area contributed by atoms with Crippen LogP contribution in [-0.2, 0) is 6.42 Å². The second kappa shape index (κ2) is 8.97. The fourth-order valence-electron chi connectivity index (χ4n) is 3.36. The fraction of sp³-hybridized carbons (Fsp3) is 0.250. The van der Waals surface area contributed by atoms with Crippen LogP contribution in [0, 0.1) is 0 Å². The minimum absolute atomic E-state index is 0.0323. The molecule has 0 unspecified atom stereocenters. The highest BCUT2D eigenvalue weighted by Gasteiger charge is 2.22. The number of hydrogen-bond donors (Lipinski definition) is 1. The highest BCUT2D eigenvalue weighted by atomic mass is 32.2. The molecule has 148 valence electrons. The van der Waals surface area contributed by atoms with Gasteiger partial charge in [0.15, 0.2) is 0 Å². The summed E-state index contributed by atoms with van der Waals surface area (Å²) < 4.78 is 0. The number of nitrogens with one attached hydrogen (secondary N) is 1. The van der Waals surface area contributed by atoms with Gasteiger partial charge in [-0.15, -0.1) is 11.3 Å². The summed E-state index contributed by atoms with van der Waals surface area (Å²) >= 11 is 3.45. The topological polar surface area (TPSA) is 41.5 Å². The fourth-order valence-corrected chi connectivity index (χ4v) is 5.36. The maximum absolute atomic E-state index is 12.6. The molecule has 1 aliphatic rings. The summed E-state index contributed by atoms with van der Waals surface area (Å²) in [6, 6.07) is 16.5. The predicted molar refractivity (Wildman–Crippen MR) is 123 cm³/mol. The summed E-state index contributed by atoms with van der Waals surface area (Å²) in [6.07, 6.45) is 3.02. The van der Waals surface area contributed by atoms with Crippen molar-refractivity contribution in [3.8, 4) is 0 Å². The number of amides is 1. The number of hydrogen-bond acceptors (Lipinski definition) is 4. The molecule has 29 heavy (non-hydrogen) atoms. The van der Waals surface area contributed by atoms with E-state index in [1.807, 2.05) is 18.2 Å². The van der Waals surface area contributed by atoms with Crippen molar-refractivity contribution < 1.29 is 4.79 Å². The minimum atomic E-state index is -0.0323. The average Bonchev–Trinajstić information content (AvgIpc) is 3.15. The summed E-state index contributed by atoms with van der Waals surface area (Å²) in [4.78, 5) is 21.1. The molecule has 3 nitrogen and oxygen atoms in total. The molecule has 0 saturated carbocycles. The molecule has 0 saturated heterocycles. The second-order valence-corrected chi connectivity index (χ2v) is 8.98. The molecular formula is C24H24N2OS2. The third kappa shape index (κ3) is 4.16. The Labute approximate surface area is 180 Å². The first-order valence-electron chi connectivity index (χ1n) is 10.1. The van der Waals surface area contributed by atoms with Crippen molar-refractivity contribution in [2.75, 3.05) is 6.54 Å². The van der Waals surface area contributed by atoms with Crippen LogP contribution in [0.25, 0.3) is 0 Å². The molecule has 4 rings (SSSR count). The van der Waals surface area contributed by atoms with Gasteiger partial charge in [0.1, 0.15) is 0 Å². The van der Waals surface area contributed by atoms with E-state index in [4.69, 9.17) is 4.99 Å².